The number of hydrogen-bond acceptors (Lipinski definition) is 2. The Balaban J connectivity index is 0.000000861. The molecular formula is C15H19NO2S. The second-order valence-corrected chi connectivity index (χ2v) is 4.60. The Labute approximate surface area is 117 Å². The van der Waals surface area contributed by atoms with E-state index in [0.29, 0.717) is 5.75 Å². The molecule has 0 saturated carbocycles. The topological polar surface area (TPSA) is 29.5 Å². The molecule has 0 spiro atoms. The third-order valence-electron chi connectivity index (χ3n) is 2.25. The van der Waals surface area contributed by atoms with Gasteiger partial charge in [0.05, 0.1) is 5.69 Å². The van der Waals surface area contributed by atoms with Crippen LogP contribution in [0.2, 0.25) is 0 Å². The van der Waals surface area contributed by atoms with Crippen LogP contribution in [0.4, 0.5) is 5.69 Å². The maximum atomic E-state index is 11.9. The van der Waals surface area contributed by atoms with Gasteiger partial charge in [-0.1, -0.05) is 50.2 Å². The molecule has 0 aromatic heterocycles. The summed E-state index contributed by atoms with van der Waals surface area (Å²) in [4.78, 5) is 0. The Hall–Kier alpha value is -1.81. The fourth-order valence-electron chi connectivity index (χ4n) is 1.34. The van der Waals surface area contributed by atoms with Crippen LogP contribution in [0, 0.1) is 0 Å². The third kappa shape index (κ3) is 4.75. The van der Waals surface area contributed by atoms with Crippen molar-refractivity contribution in [3.8, 4) is 5.75 Å². The summed E-state index contributed by atoms with van der Waals surface area (Å²) in [7, 11) is 1.73. The standard InChI is InChI=1S/C13H13NO2S.C2H6/c1-14(12-8-4-2-5-9-12)17(15)16-13-10-6-3-7-11-13;1-2/h2-11H,1H3;1-2H3. The molecule has 0 aliphatic rings. The van der Waals surface area contributed by atoms with Gasteiger partial charge in [-0.05, 0) is 24.3 Å². The summed E-state index contributed by atoms with van der Waals surface area (Å²) in [6.07, 6.45) is 0. The van der Waals surface area contributed by atoms with Crippen molar-refractivity contribution in [3.05, 3.63) is 60.7 Å². The zero-order chi connectivity index (χ0) is 14.1. The van der Waals surface area contributed by atoms with E-state index in [2.05, 4.69) is 0 Å². The molecule has 19 heavy (non-hydrogen) atoms. The molecule has 1 atom stereocenters. The predicted octanol–water partition coefficient (Wildman–Crippen LogP) is 3.81. The van der Waals surface area contributed by atoms with Gasteiger partial charge in [0.15, 0.2) is 0 Å². The van der Waals surface area contributed by atoms with Crippen LogP contribution in [0.15, 0.2) is 60.7 Å². The molecule has 0 heterocycles. The predicted molar refractivity (Wildman–Crippen MR) is 81.4 cm³/mol. The van der Waals surface area contributed by atoms with Crippen molar-refractivity contribution in [2.75, 3.05) is 11.4 Å². The molecule has 3 nitrogen and oxygen atoms in total. The molecule has 0 aliphatic carbocycles. The normalized spacial score (nSPS) is 10.9. The summed E-state index contributed by atoms with van der Waals surface area (Å²) in [5, 5.41) is 0. The van der Waals surface area contributed by atoms with E-state index in [9.17, 15) is 4.21 Å². The minimum absolute atomic E-state index is 0.591. The first-order valence-electron chi connectivity index (χ1n) is 6.21. The van der Waals surface area contributed by atoms with Crippen LogP contribution in [0.1, 0.15) is 13.8 Å². The molecule has 102 valence electrons. The number of anilines is 1. The van der Waals surface area contributed by atoms with Gasteiger partial charge in [0.2, 0.25) is 0 Å². The van der Waals surface area contributed by atoms with Gasteiger partial charge >= 0.3 is 11.3 Å². The summed E-state index contributed by atoms with van der Waals surface area (Å²) in [6.45, 7) is 4.00. The summed E-state index contributed by atoms with van der Waals surface area (Å²) in [5.74, 6) is 0.591. The van der Waals surface area contributed by atoms with E-state index in [1.807, 2.05) is 62.4 Å². The van der Waals surface area contributed by atoms with Gasteiger partial charge in [0.1, 0.15) is 5.75 Å². The van der Waals surface area contributed by atoms with Gasteiger partial charge in [-0.2, -0.15) is 4.21 Å². The lowest BCUT2D eigenvalue weighted by Gasteiger charge is -2.17. The summed E-state index contributed by atoms with van der Waals surface area (Å²) in [5.41, 5.74) is 0.849. The second kappa shape index (κ2) is 8.32. The Kier molecular flexibility index (Phi) is 6.68. The third-order valence-corrected chi connectivity index (χ3v) is 3.25. The Morgan fingerprint density at radius 3 is 1.89 bits per heavy atom. The van der Waals surface area contributed by atoms with Crippen molar-refractivity contribution in [1.29, 1.82) is 0 Å². The van der Waals surface area contributed by atoms with Crippen LogP contribution in [-0.2, 0) is 11.3 Å². The smallest absolute Gasteiger partial charge is 0.318 e. The number of rotatable bonds is 4. The van der Waals surface area contributed by atoms with E-state index in [1.54, 1.807) is 23.5 Å². The first kappa shape index (κ1) is 15.2. The van der Waals surface area contributed by atoms with Crippen molar-refractivity contribution in [2.24, 2.45) is 0 Å². The minimum atomic E-state index is -1.53. The van der Waals surface area contributed by atoms with E-state index in [4.69, 9.17) is 4.18 Å². The number of benzene rings is 2. The van der Waals surface area contributed by atoms with Crippen LogP contribution in [0.25, 0.3) is 0 Å². The molecule has 2 aromatic rings. The lowest BCUT2D eigenvalue weighted by atomic mass is 10.3. The van der Waals surface area contributed by atoms with E-state index in [1.165, 1.54) is 0 Å². The summed E-state index contributed by atoms with van der Waals surface area (Å²) in [6, 6.07) is 18.6. The monoisotopic (exact) mass is 277 g/mol. The number of nitrogens with zero attached hydrogens (tertiary/aromatic N) is 1. The second-order valence-electron chi connectivity index (χ2n) is 3.45. The van der Waals surface area contributed by atoms with E-state index in [-0.39, 0.29) is 0 Å². The molecular weight excluding hydrogens is 258 g/mol. The van der Waals surface area contributed by atoms with Crippen molar-refractivity contribution in [1.82, 2.24) is 0 Å². The quantitative estimate of drug-likeness (QED) is 0.850. The molecule has 0 saturated heterocycles. The molecule has 2 aromatic carbocycles. The Bertz CT molecular complexity index is 488. The highest BCUT2D eigenvalue weighted by atomic mass is 32.2. The fourth-order valence-corrected chi connectivity index (χ4v) is 2.02. The van der Waals surface area contributed by atoms with Crippen LogP contribution < -0.4 is 8.49 Å². The largest absolute Gasteiger partial charge is 0.385 e. The lowest BCUT2D eigenvalue weighted by Crippen LogP contribution is -2.24. The number of hydrogen-bond donors (Lipinski definition) is 0. The van der Waals surface area contributed by atoms with Gasteiger partial charge in [0, 0.05) is 7.05 Å². The first-order valence-corrected chi connectivity index (χ1v) is 7.24. The lowest BCUT2D eigenvalue weighted by molar-refractivity contribution is 0.560. The van der Waals surface area contributed by atoms with Crippen molar-refractivity contribution in [2.45, 2.75) is 13.8 Å². The molecule has 1 unspecified atom stereocenters. The SMILES string of the molecule is CC.CN(c1ccccc1)S(=O)Oc1ccccc1. The maximum absolute atomic E-state index is 11.9. The zero-order valence-corrected chi connectivity index (χ0v) is 12.3. The highest BCUT2D eigenvalue weighted by molar-refractivity contribution is 7.82. The van der Waals surface area contributed by atoms with Crippen LogP contribution >= 0.6 is 0 Å². The fraction of sp³-hybridized carbons (Fsp3) is 0.200. The molecule has 2 rings (SSSR count). The van der Waals surface area contributed by atoms with Gasteiger partial charge in [-0.15, -0.1) is 0 Å². The molecule has 0 fully saturated rings. The number of para-hydroxylation sites is 2. The van der Waals surface area contributed by atoms with Crippen molar-refractivity contribution in [3.63, 3.8) is 0 Å². The summed E-state index contributed by atoms with van der Waals surface area (Å²) < 4.78 is 18.8. The Morgan fingerprint density at radius 1 is 0.895 bits per heavy atom. The molecule has 4 heteroatoms. The van der Waals surface area contributed by atoms with E-state index >= 15 is 0 Å². The average molecular weight is 277 g/mol. The molecule has 0 aliphatic heterocycles. The van der Waals surface area contributed by atoms with E-state index < -0.39 is 11.3 Å². The van der Waals surface area contributed by atoms with E-state index in [0.717, 1.165) is 5.69 Å². The Morgan fingerprint density at radius 2 is 1.37 bits per heavy atom. The van der Waals surface area contributed by atoms with Crippen molar-refractivity contribution < 1.29 is 8.39 Å². The molecule has 0 amide bonds. The van der Waals surface area contributed by atoms with Crippen LogP contribution in [-0.4, -0.2) is 11.3 Å². The van der Waals surface area contributed by atoms with Gasteiger partial charge in [0.25, 0.3) is 0 Å². The van der Waals surface area contributed by atoms with Gasteiger partial charge < -0.3 is 4.18 Å². The van der Waals surface area contributed by atoms with Crippen molar-refractivity contribution >= 4 is 17.0 Å². The molecule has 0 bridgehead atoms. The first-order chi connectivity index (χ1) is 9.27. The minimum Gasteiger partial charge on any atom is -0.385 e. The zero-order valence-electron chi connectivity index (χ0n) is 11.4. The summed E-state index contributed by atoms with van der Waals surface area (Å²) >= 11 is -1.53. The highest BCUT2D eigenvalue weighted by Gasteiger charge is 2.10. The maximum Gasteiger partial charge on any atom is 0.318 e. The molecule has 0 N–H and O–H groups in total. The van der Waals surface area contributed by atoms with Gasteiger partial charge in [-0.3, -0.25) is 4.31 Å². The highest BCUT2D eigenvalue weighted by Crippen LogP contribution is 2.16. The van der Waals surface area contributed by atoms with Crippen LogP contribution in [0.3, 0.4) is 0 Å². The van der Waals surface area contributed by atoms with Gasteiger partial charge in [-0.25, -0.2) is 0 Å². The van der Waals surface area contributed by atoms with Crippen LogP contribution in [0.5, 0.6) is 5.75 Å². The average Bonchev–Trinajstić information content (AvgIpc) is 2.50. The molecule has 0 radical (unpaired) electrons.